The number of nitrogens with zero attached hydrogens (tertiary/aromatic N) is 3. The second-order valence-corrected chi connectivity index (χ2v) is 7.15. The molecule has 3 rings (SSSR count). The molecule has 3 aromatic rings. The van der Waals surface area contributed by atoms with Crippen LogP contribution in [0.3, 0.4) is 0 Å². The minimum Gasteiger partial charge on any atom is -0.482 e. The number of carbonyl (C=O) groups is 1. The average molecular weight is 411 g/mol. The van der Waals surface area contributed by atoms with Gasteiger partial charge in [0.25, 0.3) is 5.91 Å². The van der Waals surface area contributed by atoms with Gasteiger partial charge in [-0.3, -0.25) is 9.48 Å². The second-order valence-electron chi connectivity index (χ2n) is 6.74. The average Bonchev–Trinajstić information content (AvgIpc) is 2.96. The molecule has 6 nitrogen and oxygen atoms in total. The molecule has 1 amide bonds. The molecule has 0 atom stereocenters. The van der Waals surface area contributed by atoms with Crippen molar-refractivity contribution in [2.24, 2.45) is 5.10 Å². The Morgan fingerprint density at radius 1 is 1.17 bits per heavy atom. The van der Waals surface area contributed by atoms with Crippen molar-refractivity contribution < 1.29 is 9.53 Å². The maximum atomic E-state index is 11.9. The van der Waals surface area contributed by atoms with Gasteiger partial charge in [-0.15, -0.1) is 0 Å². The third-order valence-corrected chi connectivity index (χ3v) is 4.78. The van der Waals surface area contributed by atoms with Crippen LogP contribution < -0.4 is 10.2 Å². The lowest BCUT2D eigenvalue weighted by molar-refractivity contribution is -0.123. The Morgan fingerprint density at radius 3 is 2.62 bits per heavy atom. The van der Waals surface area contributed by atoms with Crippen LogP contribution in [0.15, 0.2) is 53.6 Å². The largest absolute Gasteiger partial charge is 0.482 e. The molecule has 0 unspecified atom stereocenters. The number of hydrazone groups is 1. The number of rotatable bonds is 7. The lowest BCUT2D eigenvalue weighted by Gasteiger charge is -2.06. The minimum atomic E-state index is -0.372. The lowest BCUT2D eigenvalue weighted by atomic mass is 10.1. The summed E-state index contributed by atoms with van der Waals surface area (Å²) in [7, 11) is 0. The molecule has 0 saturated carbocycles. The first-order chi connectivity index (χ1) is 13.9. The van der Waals surface area contributed by atoms with Gasteiger partial charge in [-0.25, -0.2) is 5.43 Å². The Kier molecular flexibility index (Phi) is 6.67. The third kappa shape index (κ3) is 5.45. The van der Waals surface area contributed by atoms with Gasteiger partial charge in [0, 0.05) is 11.3 Å². The van der Waals surface area contributed by atoms with Crippen LogP contribution in [0.25, 0.3) is 0 Å². The Morgan fingerprint density at radius 2 is 1.90 bits per heavy atom. The van der Waals surface area contributed by atoms with E-state index in [1.807, 2.05) is 18.5 Å². The molecule has 29 heavy (non-hydrogen) atoms. The number of ether oxygens (including phenoxy) is 1. The fraction of sp³-hybridized carbons (Fsp3) is 0.227. The molecule has 0 spiro atoms. The molecule has 0 fully saturated rings. The molecule has 0 bridgehead atoms. The van der Waals surface area contributed by atoms with Crippen molar-refractivity contribution in [3.63, 3.8) is 0 Å². The minimum absolute atomic E-state index is 0.175. The predicted molar refractivity (Wildman–Crippen MR) is 115 cm³/mol. The molecule has 7 heteroatoms. The quantitative estimate of drug-likeness (QED) is 0.472. The topological polar surface area (TPSA) is 68.5 Å². The van der Waals surface area contributed by atoms with Crippen LogP contribution in [0, 0.1) is 20.8 Å². The van der Waals surface area contributed by atoms with Crippen molar-refractivity contribution in [1.29, 1.82) is 0 Å². The highest BCUT2D eigenvalue weighted by molar-refractivity contribution is 6.32. The Bertz CT molecular complexity index is 1030. The highest BCUT2D eigenvalue weighted by atomic mass is 35.5. The third-order valence-electron chi connectivity index (χ3n) is 4.47. The van der Waals surface area contributed by atoms with E-state index in [0.717, 1.165) is 17.0 Å². The molecule has 0 radical (unpaired) electrons. The summed E-state index contributed by atoms with van der Waals surface area (Å²) in [4.78, 5) is 11.9. The van der Waals surface area contributed by atoms with E-state index in [9.17, 15) is 4.79 Å². The molecular weight excluding hydrogens is 388 g/mol. The molecule has 0 saturated heterocycles. The fourth-order valence-corrected chi connectivity index (χ4v) is 3.01. The van der Waals surface area contributed by atoms with E-state index in [1.54, 1.807) is 30.5 Å². The summed E-state index contributed by atoms with van der Waals surface area (Å²) in [6, 6.07) is 15.4. The van der Waals surface area contributed by atoms with Gasteiger partial charge in [-0.05, 0) is 38.5 Å². The van der Waals surface area contributed by atoms with E-state index < -0.39 is 0 Å². The molecule has 0 aliphatic rings. The monoisotopic (exact) mass is 410 g/mol. The van der Waals surface area contributed by atoms with Gasteiger partial charge in [0.05, 0.1) is 23.5 Å². The number of benzene rings is 2. The molecule has 1 aromatic heterocycles. The van der Waals surface area contributed by atoms with E-state index in [-0.39, 0.29) is 12.5 Å². The van der Waals surface area contributed by atoms with Crippen LogP contribution in [0.5, 0.6) is 5.75 Å². The van der Waals surface area contributed by atoms with Crippen LogP contribution in [0.1, 0.15) is 28.1 Å². The van der Waals surface area contributed by atoms with E-state index in [1.165, 1.54) is 11.1 Å². The lowest BCUT2D eigenvalue weighted by Crippen LogP contribution is -2.24. The molecule has 0 aliphatic heterocycles. The fourth-order valence-electron chi connectivity index (χ4n) is 2.82. The summed E-state index contributed by atoms with van der Waals surface area (Å²) in [5.74, 6) is 0.0842. The summed E-state index contributed by atoms with van der Waals surface area (Å²) in [6.45, 7) is 6.47. The van der Waals surface area contributed by atoms with Gasteiger partial charge in [-0.2, -0.15) is 10.2 Å². The first kappa shape index (κ1) is 20.6. The molecule has 150 valence electrons. The van der Waals surface area contributed by atoms with Crippen molar-refractivity contribution in [3.8, 4) is 5.75 Å². The highest BCUT2D eigenvalue weighted by Gasteiger charge is 2.10. The number of amides is 1. The molecule has 2 aromatic carbocycles. The Hall–Kier alpha value is -3.12. The Balaban J connectivity index is 1.58. The summed E-state index contributed by atoms with van der Waals surface area (Å²) in [6.07, 6.45) is 1.61. The number of halogens is 1. The zero-order valence-corrected chi connectivity index (χ0v) is 17.4. The normalized spacial score (nSPS) is 11.0. The smallest absolute Gasteiger partial charge is 0.277 e. The van der Waals surface area contributed by atoms with Crippen molar-refractivity contribution in [3.05, 3.63) is 81.6 Å². The van der Waals surface area contributed by atoms with Gasteiger partial charge in [0.15, 0.2) is 6.61 Å². The number of carbonyl (C=O) groups excluding carboxylic acids is 1. The maximum absolute atomic E-state index is 11.9. The van der Waals surface area contributed by atoms with Crippen molar-refractivity contribution >= 4 is 23.7 Å². The van der Waals surface area contributed by atoms with Gasteiger partial charge in [0.1, 0.15) is 5.75 Å². The molecule has 1 heterocycles. The van der Waals surface area contributed by atoms with Crippen LogP contribution >= 0.6 is 11.6 Å². The Labute approximate surface area is 175 Å². The predicted octanol–water partition coefficient (Wildman–Crippen LogP) is 4.04. The number of para-hydroxylation sites is 1. The molecule has 1 N–H and O–H groups in total. The highest BCUT2D eigenvalue weighted by Crippen LogP contribution is 2.22. The van der Waals surface area contributed by atoms with Crippen LogP contribution in [0.4, 0.5) is 0 Å². The summed E-state index contributed by atoms with van der Waals surface area (Å²) < 4.78 is 7.33. The number of nitrogens with one attached hydrogen (secondary N) is 1. The zero-order valence-electron chi connectivity index (χ0n) is 16.6. The van der Waals surface area contributed by atoms with E-state index >= 15 is 0 Å². The van der Waals surface area contributed by atoms with E-state index in [2.05, 4.69) is 46.8 Å². The standard InChI is InChI=1S/C22H23ClN4O2/c1-15-8-10-18(11-9-15)13-27-17(3)19(16(2)26-27)12-24-25-22(28)14-29-21-7-5-4-6-20(21)23/h4-12H,13-14H2,1-3H3,(H,25,28)/b24-12+. The number of hydrogen-bond donors (Lipinski definition) is 1. The SMILES string of the molecule is Cc1ccc(Cn2nc(C)c(/C=N/NC(=O)COc3ccccc3Cl)c2C)cc1. The van der Waals surface area contributed by atoms with Crippen LogP contribution in [-0.2, 0) is 11.3 Å². The van der Waals surface area contributed by atoms with Crippen molar-refractivity contribution in [2.75, 3.05) is 6.61 Å². The molecular formula is C22H23ClN4O2. The number of aromatic nitrogens is 2. The van der Waals surface area contributed by atoms with Gasteiger partial charge >= 0.3 is 0 Å². The number of hydrogen-bond acceptors (Lipinski definition) is 4. The summed E-state index contributed by atoms with van der Waals surface area (Å²) in [5.41, 5.74) is 7.57. The van der Waals surface area contributed by atoms with Gasteiger partial charge in [-0.1, -0.05) is 53.6 Å². The number of aryl methyl sites for hydroxylation is 2. The van der Waals surface area contributed by atoms with Crippen molar-refractivity contribution in [1.82, 2.24) is 15.2 Å². The first-order valence-corrected chi connectivity index (χ1v) is 9.60. The van der Waals surface area contributed by atoms with E-state index in [4.69, 9.17) is 16.3 Å². The molecule has 0 aliphatic carbocycles. The van der Waals surface area contributed by atoms with Crippen molar-refractivity contribution in [2.45, 2.75) is 27.3 Å². The summed E-state index contributed by atoms with van der Waals surface area (Å²) in [5, 5.41) is 9.08. The zero-order chi connectivity index (χ0) is 20.8. The second kappa shape index (κ2) is 9.39. The van der Waals surface area contributed by atoms with Gasteiger partial charge in [0.2, 0.25) is 0 Å². The maximum Gasteiger partial charge on any atom is 0.277 e. The summed E-state index contributed by atoms with van der Waals surface area (Å²) >= 11 is 6.00. The van der Waals surface area contributed by atoms with Crippen LogP contribution in [-0.4, -0.2) is 28.5 Å². The first-order valence-electron chi connectivity index (χ1n) is 9.23. The van der Waals surface area contributed by atoms with E-state index in [0.29, 0.717) is 17.3 Å². The van der Waals surface area contributed by atoms with Gasteiger partial charge < -0.3 is 4.74 Å². The van der Waals surface area contributed by atoms with Crippen LogP contribution in [0.2, 0.25) is 5.02 Å².